The van der Waals surface area contributed by atoms with Crippen molar-refractivity contribution >= 4 is 46.8 Å². The average Bonchev–Trinajstić information content (AvgIpc) is 3.06. The van der Waals surface area contributed by atoms with E-state index < -0.39 is 23.6 Å². The molecule has 46 heavy (non-hydrogen) atoms. The molecule has 0 heterocycles. The second-order valence-corrected chi connectivity index (χ2v) is 9.59. The summed E-state index contributed by atoms with van der Waals surface area (Å²) in [6.07, 6.45) is -0.540. The smallest absolute Gasteiger partial charge is 0.269 e. The summed E-state index contributed by atoms with van der Waals surface area (Å²) in [5.74, 6) is -1.83. The fourth-order valence-electron chi connectivity index (χ4n) is 3.80. The van der Waals surface area contributed by atoms with Crippen LogP contribution in [-0.2, 0) is 19.2 Å². The van der Waals surface area contributed by atoms with E-state index in [9.17, 15) is 28.8 Å². The number of hydrazine groups is 2. The van der Waals surface area contributed by atoms with Crippen molar-refractivity contribution in [2.75, 3.05) is 23.8 Å². The summed E-state index contributed by atoms with van der Waals surface area (Å²) in [5, 5.41) is 5.35. The van der Waals surface area contributed by atoms with Crippen LogP contribution in [0.15, 0.2) is 72.8 Å². The van der Waals surface area contributed by atoms with E-state index >= 15 is 0 Å². The van der Waals surface area contributed by atoms with Crippen LogP contribution in [0.3, 0.4) is 0 Å². The Kier molecular flexibility index (Phi) is 13.5. The number of hydrogen-bond acceptors (Lipinski definition) is 8. The lowest BCUT2D eigenvalue weighted by Gasteiger charge is -2.10. The third kappa shape index (κ3) is 12.0. The lowest BCUT2D eigenvalue weighted by Crippen LogP contribution is -2.42. The molecule has 0 aliphatic heterocycles. The number of carbonyl (C=O) groups is 6. The van der Waals surface area contributed by atoms with Crippen LogP contribution in [-0.4, -0.2) is 48.7 Å². The van der Waals surface area contributed by atoms with Gasteiger partial charge in [0.25, 0.3) is 11.8 Å². The first-order valence-electron chi connectivity index (χ1n) is 14.5. The molecule has 0 fully saturated rings. The van der Waals surface area contributed by atoms with Crippen molar-refractivity contribution in [1.29, 1.82) is 0 Å². The van der Waals surface area contributed by atoms with Gasteiger partial charge in [0.1, 0.15) is 11.5 Å². The molecule has 0 radical (unpaired) electrons. The van der Waals surface area contributed by atoms with Crippen LogP contribution in [0.2, 0.25) is 0 Å². The molecule has 0 atom stereocenters. The maximum atomic E-state index is 12.4. The summed E-state index contributed by atoms with van der Waals surface area (Å²) < 4.78 is 10.7. The molecule has 3 aromatic rings. The van der Waals surface area contributed by atoms with Crippen molar-refractivity contribution in [3.63, 3.8) is 0 Å². The third-order valence-corrected chi connectivity index (χ3v) is 6.10. The molecule has 0 saturated heterocycles. The highest BCUT2D eigenvalue weighted by molar-refractivity contribution is 5.99. The van der Waals surface area contributed by atoms with Gasteiger partial charge in [-0.05, 0) is 86.6 Å². The molecule has 14 nitrogen and oxygen atoms in total. The zero-order chi connectivity index (χ0) is 33.3. The van der Waals surface area contributed by atoms with Crippen LogP contribution < -0.4 is 41.8 Å². The number of benzene rings is 3. The van der Waals surface area contributed by atoms with Crippen LogP contribution in [0.25, 0.3) is 0 Å². The first kappa shape index (κ1) is 34.6. The monoisotopic (exact) mass is 632 g/mol. The van der Waals surface area contributed by atoms with Gasteiger partial charge in [-0.25, -0.2) is 0 Å². The van der Waals surface area contributed by atoms with Crippen LogP contribution in [0.1, 0.15) is 60.2 Å². The van der Waals surface area contributed by atoms with Crippen molar-refractivity contribution < 1.29 is 38.2 Å². The van der Waals surface area contributed by atoms with Gasteiger partial charge in [-0.2, -0.15) is 0 Å². The van der Waals surface area contributed by atoms with Crippen molar-refractivity contribution in [2.24, 2.45) is 0 Å². The highest BCUT2D eigenvalue weighted by Gasteiger charge is 2.13. The topological polar surface area (TPSA) is 193 Å². The molecule has 0 unspecified atom stereocenters. The van der Waals surface area contributed by atoms with Gasteiger partial charge in [0.15, 0.2) is 0 Å². The van der Waals surface area contributed by atoms with Crippen molar-refractivity contribution in [3.05, 3.63) is 83.9 Å². The SMILES string of the molecule is CCOc1ccc(NC(=O)CCC(=O)NNC(=O)c2ccc(C(=O)NNC(=O)CCC(=O)Nc3ccc(OCC)cc3)cc2)cc1. The largest absolute Gasteiger partial charge is 0.494 e. The van der Waals surface area contributed by atoms with Crippen LogP contribution in [0.5, 0.6) is 11.5 Å². The van der Waals surface area contributed by atoms with E-state index in [4.69, 9.17) is 9.47 Å². The molecule has 0 saturated carbocycles. The van der Waals surface area contributed by atoms with E-state index in [0.717, 1.165) is 0 Å². The Labute approximate surface area is 265 Å². The van der Waals surface area contributed by atoms with Gasteiger partial charge in [0.05, 0.1) is 13.2 Å². The number of hydrogen-bond donors (Lipinski definition) is 6. The van der Waals surface area contributed by atoms with E-state index in [0.29, 0.717) is 36.1 Å². The molecular weight excluding hydrogens is 596 g/mol. The Morgan fingerprint density at radius 2 is 0.783 bits per heavy atom. The van der Waals surface area contributed by atoms with Crippen LogP contribution in [0.4, 0.5) is 11.4 Å². The van der Waals surface area contributed by atoms with Gasteiger partial charge < -0.3 is 20.1 Å². The van der Waals surface area contributed by atoms with E-state index in [1.54, 1.807) is 48.5 Å². The lowest BCUT2D eigenvalue weighted by molar-refractivity contribution is -0.125. The summed E-state index contributed by atoms with van der Waals surface area (Å²) in [6.45, 7) is 4.79. The maximum Gasteiger partial charge on any atom is 0.269 e. The highest BCUT2D eigenvalue weighted by Crippen LogP contribution is 2.17. The summed E-state index contributed by atoms with van der Waals surface area (Å²) in [5.41, 5.74) is 10.4. The van der Waals surface area contributed by atoms with Crippen LogP contribution in [0, 0.1) is 0 Å². The molecule has 0 aliphatic rings. The second kappa shape index (κ2) is 18.0. The molecule has 6 amide bonds. The maximum absolute atomic E-state index is 12.4. The molecule has 3 aromatic carbocycles. The summed E-state index contributed by atoms with van der Waals surface area (Å²) in [7, 11) is 0. The Morgan fingerprint density at radius 3 is 1.11 bits per heavy atom. The molecule has 0 spiro atoms. The molecule has 0 bridgehead atoms. The minimum Gasteiger partial charge on any atom is -0.494 e. The van der Waals surface area contributed by atoms with Gasteiger partial charge in [-0.15, -0.1) is 0 Å². The van der Waals surface area contributed by atoms with Crippen molar-refractivity contribution in [2.45, 2.75) is 39.5 Å². The molecular formula is C32H36N6O8. The third-order valence-electron chi connectivity index (χ3n) is 6.10. The molecule has 14 heteroatoms. The number of nitrogens with one attached hydrogen (secondary N) is 6. The summed E-state index contributed by atoms with van der Waals surface area (Å²) >= 11 is 0. The predicted octanol–water partition coefficient (Wildman–Crippen LogP) is 2.84. The molecule has 3 rings (SSSR count). The molecule has 0 aliphatic carbocycles. The molecule has 0 aromatic heterocycles. The molecule has 6 N–H and O–H groups in total. The van der Waals surface area contributed by atoms with Crippen molar-refractivity contribution in [3.8, 4) is 11.5 Å². The van der Waals surface area contributed by atoms with Crippen molar-refractivity contribution in [1.82, 2.24) is 21.7 Å². The van der Waals surface area contributed by atoms with Gasteiger partial charge >= 0.3 is 0 Å². The van der Waals surface area contributed by atoms with Gasteiger partial charge in [-0.1, -0.05) is 0 Å². The lowest BCUT2D eigenvalue weighted by atomic mass is 10.1. The number of rotatable bonds is 14. The van der Waals surface area contributed by atoms with E-state index in [-0.39, 0.29) is 48.6 Å². The second-order valence-electron chi connectivity index (χ2n) is 9.59. The van der Waals surface area contributed by atoms with Gasteiger partial charge in [0, 0.05) is 48.2 Å². The Morgan fingerprint density at radius 1 is 0.457 bits per heavy atom. The Balaban J connectivity index is 1.32. The van der Waals surface area contributed by atoms with Crippen LogP contribution >= 0.6 is 0 Å². The van der Waals surface area contributed by atoms with Gasteiger partial charge in [-0.3, -0.25) is 50.5 Å². The first-order valence-corrected chi connectivity index (χ1v) is 14.5. The minimum absolute atomic E-state index is 0.105. The number of anilines is 2. The zero-order valence-corrected chi connectivity index (χ0v) is 25.4. The predicted molar refractivity (Wildman–Crippen MR) is 169 cm³/mol. The molecule has 242 valence electrons. The average molecular weight is 633 g/mol. The number of ether oxygens (including phenoxy) is 2. The van der Waals surface area contributed by atoms with E-state index in [1.807, 2.05) is 13.8 Å². The van der Waals surface area contributed by atoms with E-state index in [2.05, 4.69) is 32.3 Å². The zero-order valence-electron chi connectivity index (χ0n) is 25.4. The fourth-order valence-corrected chi connectivity index (χ4v) is 3.80. The number of carbonyl (C=O) groups excluding carboxylic acids is 6. The standard InChI is InChI=1S/C32H36N6O8/c1-3-45-25-13-9-23(10-14-25)33-27(39)17-19-29(41)35-37-31(43)21-5-7-22(8-6-21)32(44)38-36-30(42)20-18-28(40)34-24-11-15-26(16-12-24)46-4-2/h5-16H,3-4,17-20H2,1-2H3,(H,33,39)(H,34,40)(H,35,41)(H,36,42)(H,37,43)(H,38,44). The summed E-state index contributed by atoms with van der Waals surface area (Å²) in [4.78, 5) is 73.1. The van der Waals surface area contributed by atoms with E-state index in [1.165, 1.54) is 24.3 Å². The Hall–Kier alpha value is -5.92. The highest BCUT2D eigenvalue weighted by atomic mass is 16.5. The minimum atomic E-state index is -0.643. The quantitative estimate of drug-likeness (QED) is 0.146. The normalized spacial score (nSPS) is 10.1. The van der Waals surface area contributed by atoms with Gasteiger partial charge in [0.2, 0.25) is 23.6 Å². The Bertz CT molecular complexity index is 1390. The number of amides is 6. The first-order chi connectivity index (χ1) is 22.2. The summed E-state index contributed by atoms with van der Waals surface area (Å²) in [6, 6.07) is 19.0. The fraction of sp³-hybridized carbons (Fsp3) is 0.250.